The minimum absolute atomic E-state index is 0.761. The molecule has 2 nitrogen and oxygen atoms in total. The predicted molar refractivity (Wildman–Crippen MR) is 87.0 cm³/mol. The number of nitrogens with zero attached hydrogens (tertiary/aromatic N) is 1. The Morgan fingerprint density at radius 1 is 1.16 bits per heavy atom. The highest BCUT2D eigenvalue weighted by Crippen LogP contribution is 2.28. The summed E-state index contributed by atoms with van der Waals surface area (Å²) in [6.07, 6.45) is 8.64. The first-order chi connectivity index (χ1) is 9.31. The van der Waals surface area contributed by atoms with Crippen molar-refractivity contribution in [3.05, 3.63) is 0 Å². The van der Waals surface area contributed by atoms with E-state index < -0.39 is 0 Å². The lowest BCUT2D eigenvalue weighted by molar-refractivity contribution is 0.180. The van der Waals surface area contributed by atoms with Crippen molar-refractivity contribution in [2.45, 2.75) is 64.5 Å². The van der Waals surface area contributed by atoms with Crippen molar-refractivity contribution < 1.29 is 0 Å². The van der Waals surface area contributed by atoms with E-state index in [1.807, 2.05) is 0 Å². The number of thioether (sulfide) groups is 1. The Labute approximate surface area is 124 Å². The van der Waals surface area contributed by atoms with Crippen molar-refractivity contribution in [2.24, 2.45) is 5.92 Å². The Balaban J connectivity index is 1.85. The summed E-state index contributed by atoms with van der Waals surface area (Å²) in [5.74, 6) is 3.51. The lowest BCUT2D eigenvalue weighted by Gasteiger charge is -2.34. The molecular weight excluding hydrogens is 252 g/mol. The molecule has 2 rings (SSSR count). The van der Waals surface area contributed by atoms with Crippen LogP contribution in [0.2, 0.25) is 0 Å². The molecule has 2 fully saturated rings. The van der Waals surface area contributed by atoms with Gasteiger partial charge in [0.05, 0.1) is 0 Å². The third kappa shape index (κ3) is 4.95. The quantitative estimate of drug-likeness (QED) is 0.779. The van der Waals surface area contributed by atoms with Crippen LogP contribution in [0.25, 0.3) is 0 Å². The SMILES string of the molecule is CCSCCN1CC(C2CCCCC2)NCCC1C. The molecule has 0 radical (unpaired) electrons. The zero-order chi connectivity index (χ0) is 13.5. The summed E-state index contributed by atoms with van der Waals surface area (Å²) < 4.78 is 0. The maximum absolute atomic E-state index is 3.85. The van der Waals surface area contributed by atoms with E-state index in [-0.39, 0.29) is 0 Å². The number of rotatable bonds is 5. The van der Waals surface area contributed by atoms with Crippen molar-refractivity contribution in [1.29, 1.82) is 0 Å². The van der Waals surface area contributed by atoms with Gasteiger partial charge >= 0.3 is 0 Å². The van der Waals surface area contributed by atoms with E-state index in [4.69, 9.17) is 0 Å². The van der Waals surface area contributed by atoms with Gasteiger partial charge in [-0.15, -0.1) is 0 Å². The van der Waals surface area contributed by atoms with Gasteiger partial charge < -0.3 is 5.32 Å². The van der Waals surface area contributed by atoms with Gasteiger partial charge in [0.25, 0.3) is 0 Å². The molecule has 0 bridgehead atoms. The topological polar surface area (TPSA) is 15.3 Å². The van der Waals surface area contributed by atoms with Gasteiger partial charge in [-0.3, -0.25) is 4.90 Å². The molecule has 1 aliphatic carbocycles. The molecule has 0 spiro atoms. The molecule has 1 saturated carbocycles. The molecule has 1 N–H and O–H groups in total. The minimum atomic E-state index is 0.761. The van der Waals surface area contributed by atoms with Crippen LogP contribution < -0.4 is 5.32 Å². The van der Waals surface area contributed by atoms with E-state index in [1.54, 1.807) is 0 Å². The van der Waals surface area contributed by atoms with E-state index in [1.165, 1.54) is 69.7 Å². The van der Waals surface area contributed by atoms with Crippen LogP contribution in [-0.4, -0.2) is 48.1 Å². The molecule has 0 aromatic heterocycles. The second kappa shape index (κ2) is 8.53. The van der Waals surface area contributed by atoms with E-state index >= 15 is 0 Å². The van der Waals surface area contributed by atoms with Gasteiger partial charge in [-0.1, -0.05) is 26.2 Å². The number of hydrogen-bond donors (Lipinski definition) is 1. The Morgan fingerprint density at radius 2 is 1.95 bits per heavy atom. The molecule has 112 valence electrons. The van der Waals surface area contributed by atoms with Crippen LogP contribution in [0, 0.1) is 5.92 Å². The summed E-state index contributed by atoms with van der Waals surface area (Å²) in [6.45, 7) is 8.48. The smallest absolute Gasteiger partial charge is 0.0223 e. The monoisotopic (exact) mass is 284 g/mol. The molecule has 2 unspecified atom stereocenters. The van der Waals surface area contributed by atoms with Crippen molar-refractivity contribution >= 4 is 11.8 Å². The normalized spacial score (nSPS) is 31.3. The van der Waals surface area contributed by atoms with E-state index in [0.717, 1.165) is 18.0 Å². The first-order valence-electron chi connectivity index (χ1n) is 8.36. The molecule has 3 heteroatoms. The van der Waals surface area contributed by atoms with Crippen LogP contribution in [0.1, 0.15) is 52.4 Å². The van der Waals surface area contributed by atoms with Gasteiger partial charge in [0, 0.05) is 30.9 Å². The van der Waals surface area contributed by atoms with E-state index in [0.29, 0.717) is 0 Å². The van der Waals surface area contributed by atoms with Crippen molar-refractivity contribution in [3.63, 3.8) is 0 Å². The lowest BCUT2D eigenvalue weighted by atomic mass is 9.83. The van der Waals surface area contributed by atoms with E-state index in [2.05, 4.69) is 35.8 Å². The molecule has 0 aromatic rings. The summed E-state index contributed by atoms with van der Waals surface area (Å²) in [5, 5.41) is 3.85. The molecule has 1 aliphatic heterocycles. The molecule has 0 amide bonds. The molecule has 1 heterocycles. The lowest BCUT2D eigenvalue weighted by Crippen LogP contribution is -2.45. The van der Waals surface area contributed by atoms with Crippen LogP contribution in [0.5, 0.6) is 0 Å². The predicted octanol–water partition coefficient (Wildman–Crippen LogP) is 3.37. The van der Waals surface area contributed by atoms with Gasteiger partial charge in [-0.2, -0.15) is 11.8 Å². The van der Waals surface area contributed by atoms with Crippen LogP contribution in [0.4, 0.5) is 0 Å². The van der Waals surface area contributed by atoms with Crippen LogP contribution in [0.3, 0.4) is 0 Å². The Morgan fingerprint density at radius 3 is 2.68 bits per heavy atom. The summed E-state index contributed by atoms with van der Waals surface area (Å²) in [4.78, 5) is 2.75. The van der Waals surface area contributed by atoms with Crippen LogP contribution in [0.15, 0.2) is 0 Å². The average Bonchev–Trinajstić information content (AvgIpc) is 2.63. The fraction of sp³-hybridized carbons (Fsp3) is 1.00. The van der Waals surface area contributed by atoms with Gasteiger partial charge in [0.1, 0.15) is 0 Å². The highest BCUT2D eigenvalue weighted by Gasteiger charge is 2.28. The van der Waals surface area contributed by atoms with Gasteiger partial charge in [-0.05, 0) is 44.4 Å². The summed E-state index contributed by atoms with van der Waals surface area (Å²) in [5.41, 5.74) is 0. The zero-order valence-electron chi connectivity index (χ0n) is 12.9. The third-order valence-electron chi connectivity index (χ3n) is 4.97. The average molecular weight is 285 g/mol. The summed E-state index contributed by atoms with van der Waals surface area (Å²) in [6, 6.07) is 1.52. The Kier molecular flexibility index (Phi) is 7.03. The minimum Gasteiger partial charge on any atom is -0.312 e. The second-order valence-corrected chi connectivity index (χ2v) is 7.68. The Bertz CT molecular complexity index is 241. The molecular formula is C16H32N2S. The Hall–Kier alpha value is 0.270. The molecule has 2 atom stereocenters. The molecule has 0 aromatic carbocycles. The number of nitrogens with one attached hydrogen (secondary N) is 1. The van der Waals surface area contributed by atoms with E-state index in [9.17, 15) is 0 Å². The van der Waals surface area contributed by atoms with Crippen LogP contribution >= 0.6 is 11.8 Å². The van der Waals surface area contributed by atoms with Crippen molar-refractivity contribution in [3.8, 4) is 0 Å². The molecule has 19 heavy (non-hydrogen) atoms. The molecule has 1 saturated heterocycles. The van der Waals surface area contributed by atoms with Crippen molar-refractivity contribution in [2.75, 3.05) is 31.1 Å². The first kappa shape index (κ1) is 15.7. The number of hydrogen-bond acceptors (Lipinski definition) is 3. The maximum atomic E-state index is 3.85. The molecule has 2 aliphatic rings. The largest absolute Gasteiger partial charge is 0.312 e. The van der Waals surface area contributed by atoms with Gasteiger partial charge in [0.15, 0.2) is 0 Å². The standard InChI is InChI=1S/C16H32N2S/c1-3-19-12-11-18-13-16(17-10-9-14(18)2)15-7-5-4-6-8-15/h14-17H,3-13H2,1-2H3. The highest BCUT2D eigenvalue weighted by molar-refractivity contribution is 7.99. The van der Waals surface area contributed by atoms with Gasteiger partial charge in [-0.25, -0.2) is 0 Å². The summed E-state index contributed by atoms with van der Waals surface area (Å²) >= 11 is 2.09. The fourth-order valence-electron chi connectivity index (χ4n) is 3.65. The maximum Gasteiger partial charge on any atom is 0.0223 e. The fourth-order valence-corrected chi connectivity index (χ4v) is 4.30. The van der Waals surface area contributed by atoms with Gasteiger partial charge in [0.2, 0.25) is 0 Å². The third-order valence-corrected chi connectivity index (χ3v) is 5.85. The second-order valence-electron chi connectivity index (χ2n) is 6.29. The highest BCUT2D eigenvalue weighted by atomic mass is 32.2. The zero-order valence-corrected chi connectivity index (χ0v) is 13.7. The first-order valence-corrected chi connectivity index (χ1v) is 9.52. The van der Waals surface area contributed by atoms with Crippen molar-refractivity contribution in [1.82, 2.24) is 10.2 Å². The summed E-state index contributed by atoms with van der Waals surface area (Å²) in [7, 11) is 0. The van der Waals surface area contributed by atoms with Crippen LogP contribution in [-0.2, 0) is 0 Å².